The summed E-state index contributed by atoms with van der Waals surface area (Å²) in [5.74, 6) is 0.739. The van der Waals surface area contributed by atoms with Gasteiger partial charge < -0.3 is 10.1 Å². The van der Waals surface area contributed by atoms with E-state index < -0.39 is 0 Å². The number of nitrogens with one attached hydrogen (secondary N) is 1. The summed E-state index contributed by atoms with van der Waals surface area (Å²) in [6.45, 7) is 9.10. The van der Waals surface area contributed by atoms with E-state index in [1.165, 1.54) is 11.3 Å². The van der Waals surface area contributed by atoms with Gasteiger partial charge in [0.2, 0.25) is 0 Å². The lowest BCUT2D eigenvalue weighted by Crippen LogP contribution is -2.35. The molecule has 0 aliphatic carbocycles. The molecule has 0 aliphatic heterocycles. The predicted octanol–water partition coefficient (Wildman–Crippen LogP) is 4.43. The molecule has 0 atom stereocenters. The third-order valence-electron chi connectivity index (χ3n) is 2.82. The molecule has 0 fully saturated rings. The van der Waals surface area contributed by atoms with Crippen molar-refractivity contribution < 1.29 is 4.74 Å². The number of halogens is 1. The molecule has 0 radical (unpaired) electrons. The molecule has 1 N–H and O–H groups in total. The lowest BCUT2D eigenvalue weighted by molar-refractivity contribution is 0.423. The first-order valence-electron chi connectivity index (χ1n) is 6.91. The summed E-state index contributed by atoms with van der Waals surface area (Å²) in [6, 6.07) is 5.63. The maximum Gasteiger partial charge on any atom is 0.299 e. The molecule has 6 heteroatoms. The summed E-state index contributed by atoms with van der Waals surface area (Å²) in [6.07, 6.45) is 0.868. The second-order valence-corrected chi connectivity index (χ2v) is 7.21. The van der Waals surface area contributed by atoms with Crippen molar-refractivity contribution in [3.63, 3.8) is 0 Å². The zero-order valence-electron chi connectivity index (χ0n) is 12.7. The van der Waals surface area contributed by atoms with Crippen molar-refractivity contribution in [2.24, 2.45) is 0 Å². The monoisotopic (exact) mass is 325 g/mol. The molecule has 1 aromatic carbocycles. The maximum atomic E-state index is 6.10. The SMILES string of the molecule is CCc1cc(Oc2nnc(CNC(C)(C)C)s2)ccc1Cl. The van der Waals surface area contributed by atoms with Gasteiger partial charge in [-0.2, -0.15) is 0 Å². The van der Waals surface area contributed by atoms with Gasteiger partial charge >= 0.3 is 0 Å². The Morgan fingerprint density at radius 2 is 2.05 bits per heavy atom. The number of rotatable bonds is 5. The van der Waals surface area contributed by atoms with Gasteiger partial charge in [0.15, 0.2) is 0 Å². The topological polar surface area (TPSA) is 47.0 Å². The second-order valence-electron chi connectivity index (χ2n) is 5.77. The Morgan fingerprint density at radius 1 is 1.29 bits per heavy atom. The average Bonchev–Trinajstić information content (AvgIpc) is 2.85. The van der Waals surface area contributed by atoms with Crippen LogP contribution in [0.3, 0.4) is 0 Å². The Labute approximate surface area is 134 Å². The Bertz CT molecular complexity index is 607. The van der Waals surface area contributed by atoms with E-state index in [2.05, 4.69) is 43.2 Å². The van der Waals surface area contributed by atoms with Crippen LogP contribution in [0.5, 0.6) is 10.9 Å². The highest BCUT2D eigenvalue weighted by Gasteiger charge is 2.12. The summed E-state index contributed by atoms with van der Waals surface area (Å²) in [5.41, 5.74) is 1.12. The highest BCUT2D eigenvalue weighted by atomic mass is 35.5. The van der Waals surface area contributed by atoms with E-state index >= 15 is 0 Å². The van der Waals surface area contributed by atoms with Crippen LogP contribution in [0.4, 0.5) is 0 Å². The Kier molecular flexibility index (Phi) is 5.19. The predicted molar refractivity (Wildman–Crippen MR) is 87.4 cm³/mol. The third-order valence-corrected chi connectivity index (χ3v) is 3.99. The number of ether oxygens (including phenoxy) is 1. The van der Waals surface area contributed by atoms with Crippen molar-refractivity contribution in [3.8, 4) is 10.9 Å². The van der Waals surface area contributed by atoms with E-state index in [1.54, 1.807) is 0 Å². The van der Waals surface area contributed by atoms with Gasteiger partial charge in [-0.05, 0) is 51.0 Å². The molecule has 0 unspecified atom stereocenters. The minimum Gasteiger partial charge on any atom is -0.430 e. The Balaban J connectivity index is 2.02. The van der Waals surface area contributed by atoms with Crippen molar-refractivity contribution >= 4 is 22.9 Å². The number of hydrogen-bond acceptors (Lipinski definition) is 5. The Morgan fingerprint density at radius 3 is 2.71 bits per heavy atom. The third kappa shape index (κ3) is 4.95. The minimum absolute atomic E-state index is 0.0545. The van der Waals surface area contributed by atoms with E-state index in [4.69, 9.17) is 16.3 Å². The van der Waals surface area contributed by atoms with Crippen LogP contribution in [-0.2, 0) is 13.0 Å². The highest BCUT2D eigenvalue weighted by Crippen LogP contribution is 2.28. The number of aromatic nitrogens is 2. The first-order chi connectivity index (χ1) is 9.87. The number of aryl methyl sites for hydroxylation is 1. The molecule has 1 heterocycles. The highest BCUT2D eigenvalue weighted by molar-refractivity contribution is 7.13. The molecule has 114 valence electrons. The molecule has 0 aliphatic rings. The van der Waals surface area contributed by atoms with Crippen molar-refractivity contribution in [1.82, 2.24) is 15.5 Å². The smallest absolute Gasteiger partial charge is 0.299 e. The second kappa shape index (κ2) is 6.73. The van der Waals surface area contributed by atoms with Crippen molar-refractivity contribution in [2.75, 3.05) is 0 Å². The van der Waals surface area contributed by atoms with Crippen molar-refractivity contribution in [1.29, 1.82) is 0 Å². The van der Waals surface area contributed by atoms with Crippen LogP contribution in [0, 0.1) is 0 Å². The lowest BCUT2D eigenvalue weighted by Gasteiger charge is -2.19. The zero-order valence-corrected chi connectivity index (χ0v) is 14.3. The van der Waals surface area contributed by atoms with Gasteiger partial charge in [0.05, 0.1) is 6.54 Å². The van der Waals surface area contributed by atoms with Gasteiger partial charge in [-0.15, -0.1) is 5.10 Å². The van der Waals surface area contributed by atoms with Gasteiger partial charge in [-0.25, -0.2) is 0 Å². The van der Waals surface area contributed by atoms with Crippen LogP contribution in [0.1, 0.15) is 38.3 Å². The summed E-state index contributed by atoms with van der Waals surface area (Å²) < 4.78 is 5.75. The summed E-state index contributed by atoms with van der Waals surface area (Å²) in [5, 5.41) is 13.8. The van der Waals surface area contributed by atoms with E-state index in [0.29, 0.717) is 11.7 Å². The van der Waals surface area contributed by atoms with E-state index in [-0.39, 0.29) is 5.54 Å². The molecule has 0 amide bonds. The van der Waals surface area contributed by atoms with Crippen LogP contribution >= 0.6 is 22.9 Å². The van der Waals surface area contributed by atoms with E-state index in [1.807, 2.05) is 18.2 Å². The summed E-state index contributed by atoms with van der Waals surface area (Å²) in [7, 11) is 0. The normalized spacial score (nSPS) is 11.7. The quantitative estimate of drug-likeness (QED) is 0.883. The van der Waals surface area contributed by atoms with Gasteiger partial charge in [-0.1, -0.05) is 35.0 Å². The van der Waals surface area contributed by atoms with Crippen molar-refractivity contribution in [2.45, 2.75) is 46.2 Å². The molecular formula is C15H20ClN3OS. The number of hydrogen-bond donors (Lipinski definition) is 1. The molecule has 0 spiro atoms. The fourth-order valence-electron chi connectivity index (χ4n) is 1.68. The number of benzene rings is 1. The Hall–Kier alpha value is -1.17. The first-order valence-corrected chi connectivity index (χ1v) is 8.10. The van der Waals surface area contributed by atoms with Gasteiger partial charge in [-0.3, -0.25) is 0 Å². The van der Waals surface area contributed by atoms with Crippen molar-refractivity contribution in [3.05, 3.63) is 33.8 Å². The van der Waals surface area contributed by atoms with Crippen LogP contribution in [-0.4, -0.2) is 15.7 Å². The fourth-order valence-corrected chi connectivity index (χ4v) is 2.58. The zero-order chi connectivity index (χ0) is 15.5. The van der Waals surface area contributed by atoms with Gasteiger partial charge in [0.1, 0.15) is 10.8 Å². The fraction of sp³-hybridized carbons (Fsp3) is 0.467. The summed E-state index contributed by atoms with van der Waals surface area (Å²) >= 11 is 7.54. The van der Waals surface area contributed by atoms with Crippen LogP contribution < -0.4 is 10.1 Å². The van der Waals surface area contributed by atoms with E-state index in [0.717, 1.165) is 27.8 Å². The molecule has 0 bridgehead atoms. The summed E-state index contributed by atoms with van der Waals surface area (Å²) in [4.78, 5) is 0. The first kappa shape index (κ1) is 16.2. The van der Waals surface area contributed by atoms with E-state index in [9.17, 15) is 0 Å². The molecule has 0 saturated heterocycles. The molecule has 4 nitrogen and oxygen atoms in total. The molecular weight excluding hydrogens is 306 g/mol. The van der Waals surface area contributed by atoms with Crippen LogP contribution in [0.2, 0.25) is 5.02 Å². The van der Waals surface area contributed by atoms with Gasteiger partial charge in [0, 0.05) is 10.6 Å². The molecule has 21 heavy (non-hydrogen) atoms. The largest absolute Gasteiger partial charge is 0.430 e. The standard InChI is InChI=1S/C15H20ClN3OS/c1-5-10-8-11(6-7-12(10)16)20-14-19-18-13(21-14)9-17-15(2,3)4/h6-8,17H,5,9H2,1-4H3. The molecule has 0 saturated carbocycles. The molecule has 2 aromatic rings. The lowest BCUT2D eigenvalue weighted by atomic mass is 10.1. The van der Waals surface area contributed by atoms with Crippen LogP contribution in [0.15, 0.2) is 18.2 Å². The average molecular weight is 326 g/mol. The number of nitrogens with zero attached hydrogens (tertiary/aromatic N) is 2. The maximum absolute atomic E-state index is 6.10. The molecule has 1 aromatic heterocycles. The van der Waals surface area contributed by atoms with Gasteiger partial charge in [0.25, 0.3) is 5.19 Å². The van der Waals surface area contributed by atoms with Crippen LogP contribution in [0.25, 0.3) is 0 Å². The minimum atomic E-state index is 0.0545. The molecule has 2 rings (SSSR count).